The number of nitrogens with zero attached hydrogens (tertiary/aromatic N) is 7. The molecule has 1 atom stereocenters. The quantitative estimate of drug-likeness (QED) is 0.364. The lowest BCUT2D eigenvalue weighted by molar-refractivity contribution is 0.180. The van der Waals surface area contributed by atoms with Gasteiger partial charge in [0.2, 0.25) is 11.8 Å². The van der Waals surface area contributed by atoms with Crippen molar-refractivity contribution in [2.75, 3.05) is 32.3 Å². The van der Waals surface area contributed by atoms with Crippen LogP contribution in [-0.2, 0) is 11.8 Å². The molecule has 0 aromatic carbocycles. The monoisotopic (exact) mass is 487 g/mol. The molecule has 4 aromatic rings. The Morgan fingerprint density at radius 2 is 1.94 bits per heavy atom. The van der Waals surface area contributed by atoms with E-state index in [0.717, 1.165) is 41.9 Å². The van der Waals surface area contributed by atoms with Crippen LogP contribution in [-0.4, -0.2) is 63.1 Å². The lowest BCUT2D eigenvalue weighted by atomic mass is 10.2. The number of aromatic nitrogens is 6. The standard InChI is InChI=1S/C26H29N7O3/c1-17-24(36-20-9-10-27-23(12-20)18-13-29-32(2)15-18)8-7-22(30-17)21-14-28-26(31-25(21)35-4)33-11-5-6-19(33)16-34-3/h7-10,12-15,19H,5-6,11,16H2,1-4H3/t19-/m1/s1. The predicted molar refractivity (Wildman–Crippen MR) is 135 cm³/mol. The molecule has 1 fully saturated rings. The van der Waals surface area contributed by atoms with Crippen molar-refractivity contribution in [2.45, 2.75) is 25.8 Å². The summed E-state index contributed by atoms with van der Waals surface area (Å²) in [7, 11) is 5.20. The van der Waals surface area contributed by atoms with Crippen LogP contribution in [0.25, 0.3) is 22.5 Å². The van der Waals surface area contributed by atoms with Crippen molar-refractivity contribution >= 4 is 5.95 Å². The maximum atomic E-state index is 6.14. The average Bonchev–Trinajstić information content (AvgIpc) is 3.54. The SMILES string of the molecule is COC[C@H]1CCCN1c1ncc(-c2ccc(Oc3ccnc(-c4cnn(C)c4)c3)c(C)n2)c(OC)n1. The minimum absolute atomic E-state index is 0.272. The fraction of sp³-hybridized carbons (Fsp3) is 0.346. The van der Waals surface area contributed by atoms with Crippen molar-refractivity contribution in [3.63, 3.8) is 0 Å². The van der Waals surface area contributed by atoms with E-state index in [1.165, 1.54) is 0 Å². The molecule has 10 nitrogen and oxygen atoms in total. The highest BCUT2D eigenvalue weighted by Gasteiger charge is 2.27. The third kappa shape index (κ3) is 4.85. The van der Waals surface area contributed by atoms with E-state index in [1.54, 1.807) is 37.5 Å². The second kappa shape index (κ2) is 10.3. The zero-order chi connectivity index (χ0) is 25.1. The van der Waals surface area contributed by atoms with Crippen molar-refractivity contribution in [2.24, 2.45) is 7.05 Å². The summed E-state index contributed by atoms with van der Waals surface area (Å²) in [5.41, 5.74) is 3.88. The van der Waals surface area contributed by atoms with E-state index in [2.05, 4.69) is 20.0 Å². The molecular weight excluding hydrogens is 458 g/mol. The Labute approximate surface area is 209 Å². The number of hydrogen-bond acceptors (Lipinski definition) is 9. The molecule has 0 amide bonds. The molecule has 5 rings (SSSR count). The number of anilines is 1. The number of pyridine rings is 2. The van der Waals surface area contributed by atoms with Crippen LogP contribution in [0, 0.1) is 6.92 Å². The van der Waals surface area contributed by atoms with Crippen LogP contribution in [0.1, 0.15) is 18.5 Å². The van der Waals surface area contributed by atoms with Gasteiger partial charge in [0.25, 0.3) is 0 Å². The van der Waals surface area contributed by atoms with Gasteiger partial charge in [0, 0.05) is 50.9 Å². The van der Waals surface area contributed by atoms with Gasteiger partial charge in [0.05, 0.1) is 48.6 Å². The summed E-state index contributed by atoms with van der Waals surface area (Å²) in [4.78, 5) is 20.7. The Balaban J connectivity index is 1.37. The molecule has 186 valence electrons. The first-order chi connectivity index (χ1) is 17.6. The molecule has 0 saturated carbocycles. The topological polar surface area (TPSA) is 100 Å². The summed E-state index contributed by atoms with van der Waals surface area (Å²) < 4.78 is 18.9. The molecule has 0 bridgehead atoms. The smallest absolute Gasteiger partial charge is 0.228 e. The lowest BCUT2D eigenvalue weighted by Gasteiger charge is -2.24. The third-order valence-electron chi connectivity index (χ3n) is 6.20. The minimum atomic E-state index is 0.272. The number of aryl methyl sites for hydroxylation is 2. The van der Waals surface area contributed by atoms with E-state index in [0.29, 0.717) is 35.6 Å². The zero-order valence-electron chi connectivity index (χ0n) is 20.9. The van der Waals surface area contributed by atoms with Gasteiger partial charge in [-0.25, -0.2) is 9.97 Å². The molecule has 0 radical (unpaired) electrons. The molecule has 10 heteroatoms. The fourth-order valence-corrected chi connectivity index (χ4v) is 4.41. The Morgan fingerprint density at radius 1 is 1.06 bits per heavy atom. The van der Waals surface area contributed by atoms with E-state index >= 15 is 0 Å². The van der Waals surface area contributed by atoms with Crippen molar-refractivity contribution in [3.05, 3.63) is 54.7 Å². The van der Waals surface area contributed by atoms with Crippen LogP contribution >= 0.6 is 0 Å². The molecule has 0 unspecified atom stereocenters. The molecule has 0 N–H and O–H groups in total. The Bertz CT molecular complexity index is 1360. The normalized spacial score (nSPS) is 15.3. The minimum Gasteiger partial charge on any atom is -0.480 e. The first kappa shape index (κ1) is 23.7. The fourth-order valence-electron chi connectivity index (χ4n) is 4.41. The highest BCUT2D eigenvalue weighted by atomic mass is 16.5. The van der Waals surface area contributed by atoms with Gasteiger partial charge in [-0.05, 0) is 38.0 Å². The Morgan fingerprint density at radius 3 is 2.69 bits per heavy atom. The molecular formula is C26H29N7O3. The average molecular weight is 488 g/mol. The van der Waals surface area contributed by atoms with Crippen LogP contribution in [0.15, 0.2) is 49.1 Å². The second-order valence-corrected chi connectivity index (χ2v) is 8.70. The van der Waals surface area contributed by atoms with Gasteiger partial charge in [-0.2, -0.15) is 10.1 Å². The number of rotatable bonds is 8. The zero-order valence-corrected chi connectivity index (χ0v) is 20.9. The van der Waals surface area contributed by atoms with Crippen LogP contribution in [0.2, 0.25) is 0 Å². The van der Waals surface area contributed by atoms with E-state index in [-0.39, 0.29) is 6.04 Å². The van der Waals surface area contributed by atoms with Gasteiger partial charge < -0.3 is 19.1 Å². The van der Waals surface area contributed by atoms with Crippen LogP contribution < -0.4 is 14.4 Å². The lowest BCUT2D eigenvalue weighted by Crippen LogP contribution is -2.34. The molecule has 36 heavy (non-hydrogen) atoms. The van der Waals surface area contributed by atoms with Crippen molar-refractivity contribution in [3.8, 4) is 39.9 Å². The highest BCUT2D eigenvalue weighted by molar-refractivity contribution is 5.66. The maximum Gasteiger partial charge on any atom is 0.228 e. The van der Waals surface area contributed by atoms with E-state index in [1.807, 2.05) is 44.4 Å². The largest absolute Gasteiger partial charge is 0.480 e. The predicted octanol–water partition coefficient (Wildman–Crippen LogP) is 4.06. The Hall–Kier alpha value is -4.05. The number of ether oxygens (including phenoxy) is 3. The molecule has 1 saturated heterocycles. The first-order valence-electron chi connectivity index (χ1n) is 11.8. The van der Waals surface area contributed by atoms with Crippen molar-refractivity contribution in [1.29, 1.82) is 0 Å². The maximum absolute atomic E-state index is 6.14. The summed E-state index contributed by atoms with van der Waals surface area (Å²) in [6.07, 6.45) is 9.33. The molecule has 4 aromatic heterocycles. The van der Waals surface area contributed by atoms with Crippen LogP contribution in [0.4, 0.5) is 5.95 Å². The summed E-state index contributed by atoms with van der Waals surface area (Å²) in [5, 5.41) is 4.21. The van der Waals surface area contributed by atoms with Gasteiger partial charge >= 0.3 is 0 Å². The van der Waals surface area contributed by atoms with Crippen LogP contribution in [0.3, 0.4) is 0 Å². The van der Waals surface area contributed by atoms with Gasteiger partial charge in [0.15, 0.2) is 0 Å². The van der Waals surface area contributed by atoms with Gasteiger partial charge in [0.1, 0.15) is 11.5 Å². The number of methoxy groups -OCH3 is 2. The third-order valence-corrected chi connectivity index (χ3v) is 6.20. The first-order valence-corrected chi connectivity index (χ1v) is 11.8. The summed E-state index contributed by atoms with van der Waals surface area (Å²) in [6.45, 7) is 3.46. The molecule has 5 heterocycles. The van der Waals surface area contributed by atoms with E-state index in [9.17, 15) is 0 Å². The van der Waals surface area contributed by atoms with Gasteiger partial charge in [-0.15, -0.1) is 0 Å². The van der Waals surface area contributed by atoms with Crippen LogP contribution in [0.5, 0.6) is 17.4 Å². The summed E-state index contributed by atoms with van der Waals surface area (Å²) in [5.74, 6) is 2.45. The van der Waals surface area contributed by atoms with Gasteiger partial charge in [-0.3, -0.25) is 9.67 Å². The summed E-state index contributed by atoms with van der Waals surface area (Å²) >= 11 is 0. The highest BCUT2D eigenvalue weighted by Crippen LogP contribution is 2.33. The molecule has 1 aliphatic rings. The Kier molecular flexibility index (Phi) is 6.77. The molecule has 1 aliphatic heterocycles. The van der Waals surface area contributed by atoms with Gasteiger partial charge in [-0.1, -0.05) is 0 Å². The van der Waals surface area contributed by atoms with Crippen molar-refractivity contribution < 1.29 is 14.2 Å². The van der Waals surface area contributed by atoms with E-state index < -0.39 is 0 Å². The molecule has 0 spiro atoms. The summed E-state index contributed by atoms with van der Waals surface area (Å²) in [6, 6.07) is 7.75. The van der Waals surface area contributed by atoms with E-state index in [4.69, 9.17) is 24.2 Å². The second-order valence-electron chi connectivity index (χ2n) is 8.70. The molecule has 0 aliphatic carbocycles. The van der Waals surface area contributed by atoms with Crippen molar-refractivity contribution in [1.82, 2.24) is 29.7 Å². The number of hydrogen-bond donors (Lipinski definition) is 0.